The summed E-state index contributed by atoms with van der Waals surface area (Å²) in [5, 5.41) is -0.421. The second kappa shape index (κ2) is 8.22. The number of carbonyl (C=O) groups is 1. The minimum absolute atomic E-state index is 0.118. The lowest BCUT2D eigenvalue weighted by atomic mass is 9.78. The molecule has 0 bridgehead atoms. The van der Waals surface area contributed by atoms with Crippen molar-refractivity contribution in [3.05, 3.63) is 38.8 Å². The van der Waals surface area contributed by atoms with Crippen LogP contribution in [0.4, 0.5) is 13.2 Å². The van der Waals surface area contributed by atoms with Crippen LogP contribution in [0.5, 0.6) is 0 Å². The van der Waals surface area contributed by atoms with Gasteiger partial charge in [-0.05, 0) is 45.3 Å². The molecule has 0 amide bonds. The molecule has 0 saturated carbocycles. The third-order valence-electron chi connectivity index (χ3n) is 4.73. The highest BCUT2D eigenvalue weighted by Gasteiger charge is 2.52. The van der Waals surface area contributed by atoms with Crippen molar-refractivity contribution in [3.8, 4) is 0 Å². The number of hydrogen-bond acceptors (Lipinski definition) is 4. The Kier molecular flexibility index (Phi) is 6.94. The Morgan fingerprint density at radius 2 is 1.61 bits per heavy atom. The largest absolute Gasteiger partial charge is 0.491 e. The number of benzene rings is 1. The minimum atomic E-state index is -4.56. The fraction of sp³-hybridized carbons (Fsp3) is 0.500. The molecule has 1 saturated heterocycles. The molecule has 0 unspecified atom stereocenters. The molecule has 10 heteroatoms. The van der Waals surface area contributed by atoms with Crippen molar-refractivity contribution in [1.82, 2.24) is 0 Å². The van der Waals surface area contributed by atoms with Gasteiger partial charge in [-0.15, -0.1) is 0 Å². The molecule has 0 spiro atoms. The van der Waals surface area contributed by atoms with Gasteiger partial charge in [-0.3, -0.25) is 4.79 Å². The van der Waals surface area contributed by atoms with E-state index in [1.807, 2.05) is 27.7 Å². The van der Waals surface area contributed by atoms with Crippen LogP contribution in [0, 0.1) is 0 Å². The summed E-state index contributed by atoms with van der Waals surface area (Å²) >= 11 is 13.2. The maximum Gasteiger partial charge on any atom is 0.491 e. The lowest BCUT2D eigenvalue weighted by Crippen LogP contribution is -2.41. The SMILES string of the molecule is CC(=O)SCC(=Cc1c(Cl)cc(C(F)(F)F)cc1Cl)B1OC(C)(C)C(C)(C)O1. The maximum absolute atomic E-state index is 13.0. The first-order valence-electron chi connectivity index (χ1n) is 8.40. The molecule has 0 aromatic heterocycles. The zero-order chi connectivity index (χ0) is 21.5. The lowest BCUT2D eigenvalue weighted by molar-refractivity contribution is -0.137. The molecule has 1 aliphatic rings. The van der Waals surface area contributed by atoms with Crippen molar-refractivity contribution in [2.24, 2.45) is 0 Å². The molecular weight excluding hydrogens is 435 g/mol. The summed E-state index contributed by atoms with van der Waals surface area (Å²) in [6, 6.07) is 1.64. The quantitative estimate of drug-likeness (QED) is 0.499. The van der Waals surface area contributed by atoms with Crippen LogP contribution in [0.15, 0.2) is 17.6 Å². The van der Waals surface area contributed by atoms with E-state index >= 15 is 0 Å². The Morgan fingerprint density at radius 3 is 2.00 bits per heavy atom. The summed E-state index contributed by atoms with van der Waals surface area (Å²) in [4.78, 5) is 11.4. The van der Waals surface area contributed by atoms with E-state index in [4.69, 9.17) is 32.5 Å². The smallest absolute Gasteiger partial charge is 0.400 e. The van der Waals surface area contributed by atoms with E-state index in [0.29, 0.717) is 5.47 Å². The first-order chi connectivity index (χ1) is 12.6. The molecular formula is C18H20BCl2F3O3S. The van der Waals surface area contributed by atoms with Crippen LogP contribution < -0.4 is 0 Å². The number of rotatable bonds is 4. The van der Waals surface area contributed by atoms with Crippen LogP contribution in [-0.2, 0) is 20.3 Å². The second-order valence-corrected chi connectivity index (χ2v) is 9.41. The third kappa shape index (κ3) is 5.27. The zero-order valence-corrected chi connectivity index (χ0v) is 18.4. The summed E-state index contributed by atoms with van der Waals surface area (Å²) in [6.07, 6.45) is -3.03. The molecule has 0 N–H and O–H groups in total. The zero-order valence-electron chi connectivity index (χ0n) is 16.0. The van der Waals surface area contributed by atoms with Crippen LogP contribution in [0.25, 0.3) is 6.08 Å². The van der Waals surface area contributed by atoms with Gasteiger partial charge in [0.15, 0.2) is 5.12 Å². The molecule has 0 aliphatic carbocycles. The first-order valence-corrected chi connectivity index (χ1v) is 10.1. The van der Waals surface area contributed by atoms with Gasteiger partial charge in [0.1, 0.15) is 0 Å². The van der Waals surface area contributed by atoms with Gasteiger partial charge in [-0.2, -0.15) is 13.2 Å². The Hall–Kier alpha value is -0.665. The summed E-state index contributed by atoms with van der Waals surface area (Å²) < 4.78 is 50.9. The third-order valence-corrected chi connectivity index (χ3v) is 6.24. The van der Waals surface area contributed by atoms with E-state index in [0.717, 1.165) is 23.9 Å². The summed E-state index contributed by atoms with van der Waals surface area (Å²) in [7, 11) is -0.786. The molecule has 0 atom stereocenters. The molecule has 0 radical (unpaired) electrons. The summed E-state index contributed by atoms with van der Waals surface area (Å²) in [5.74, 6) is 0.222. The van der Waals surface area contributed by atoms with E-state index < -0.39 is 30.1 Å². The van der Waals surface area contributed by atoms with E-state index in [-0.39, 0.29) is 26.5 Å². The number of alkyl halides is 3. The number of thioether (sulfide) groups is 1. The minimum Gasteiger partial charge on any atom is -0.400 e. The predicted molar refractivity (Wildman–Crippen MR) is 109 cm³/mol. The summed E-state index contributed by atoms with van der Waals surface area (Å²) in [6.45, 7) is 8.92. The molecule has 3 nitrogen and oxygen atoms in total. The van der Waals surface area contributed by atoms with Gasteiger partial charge in [0.25, 0.3) is 0 Å². The topological polar surface area (TPSA) is 35.5 Å². The Labute approximate surface area is 177 Å². The van der Waals surface area contributed by atoms with Crippen LogP contribution in [-0.4, -0.2) is 29.2 Å². The van der Waals surface area contributed by atoms with E-state index in [9.17, 15) is 18.0 Å². The van der Waals surface area contributed by atoms with Crippen molar-refractivity contribution < 1.29 is 27.3 Å². The monoisotopic (exact) mass is 454 g/mol. The highest BCUT2D eigenvalue weighted by molar-refractivity contribution is 8.13. The van der Waals surface area contributed by atoms with Gasteiger partial charge in [0, 0.05) is 28.3 Å². The molecule has 1 heterocycles. The Balaban J connectivity index is 2.47. The van der Waals surface area contributed by atoms with Crippen molar-refractivity contribution in [2.75, 3.05) is 5.75 Å². The fourth-order valence-electron chi connectivity index (χ4n) is 2.43. The highest BCUT2D eigenvalue weighted by Crippen LogP contribution is 2.41. The average molecular weight is 455 g/mol. The summed E-state index contributed by atoms with van der Waals surface area (Å²) in [5.41, 5.74) is -1.42. The predicted octanol–water partition coefficient (Wildman–Crippen LogP) is 6.31. The highest BCUT2D eigenvalue weighted by atomic mass is 35.5. The average Bonchev–Trinajstić information content (AvgIpc) is 2.72. The molecule has 1 aliphatic heterocycles. The first kappa shape index (κ1) is 23.6. The van der Waals surface area contributed by atoms with Gasteiger partial charge < -0.3 is 9.31 Å². The van der Waals surface area contributed by atoms with Gasteiger partial charge in [0.2, 0.25) is 0 Å². The van der Waals surface area contributed by atoms with Crippen molar-refractivity contribution in [3.63, 3.8) is 0 Å². The molecule has 1 fully saturated rings. The van der Waals surface area contributed by atoms with Gasteiger partial charge in [-0.1, -0.05) is 41.0 Å². The van der Waals surface area contributed by atoms with E-state index in [2.05, 4.69) is 0 Å². The number of carbonyl (C=O) groups excluding carboxylic acids is 1. The van der Waals surface area contributed by atoms with Crippen LogP contribution >= 0.6 is 35.0 Å². The maximum atomic E-state index is 13.0. The number of hydrogen-bond donors (Lipinski definition) is 0. The normalized spacial score (nSPS) is 19.2. The fourth-order valence-corrected chi connectivity index (χ4v) is 3.61. The lowest BCUT2D eigenvalue weighted by Gasteiger charge is -2.32. The second-order valence-electron chi connectivity index (χ2n) is 7.44. The van der Waals surface area contributed by atoms with Gasteiger partial charge in [-0.25, -0.2) is 0 Å². The van der Waals surface area contributed by atoms with Crippen LogP contribution in [0.2, 0.25) is 10.0 Å². The molecule has 154 valence electrons. The molecule has 1 aromatic carbocycles. The Morgan fingerprint density at radius 1 is 1.14 bits per heavy atom. The van der Waals surface area contributed by atoms with Crippen LogP contribution in [0.1, 0.15) is 45.7 Å². The van der Waals surface area contributed by atoms with Crippen molar-refractivity contribution in [2.45, 2.75) is 52.0 Å². The van der Waals surface area contributed by atoms with E-state index in [1.54, 1.807) is 0 Å². The van der Waals surface area contributed by atoms with Gasteiger partial charge >= 0.3 is 13.3 Å². The molecule has 1 aromatic rings. The van der Waals surface area contributed by atoms with Crippen LogP contribution in [0.3, 0.4) is 0 Å². The standard InChI is InChI=1S/C18H20BCl2F3O3S/c1-10(25)28-9-12(19-26-16(2,3)17(4,5)27-19)8-13-14(20)6-11(7-15(13)21)18(22,23)24/h6-8H,9H2,1-5H3. The van der Waals surface area contributed by atoms with Gasteiger partial charge in [0.05, 0.1) is 16.8 Å². The van der Waals surface area contributed by atoms with Crippen molar-refractivity contribution >= 4 is 53.3 Å². The molecule has 2 rings (SSSR count). The van der Waals surface area contributed by atoms with Crippen molar-refractivity contribution in [1.29, 1.82) is 0 Å². The Bertz CT molecular complexity index is 771. The van der Waals surface area contributed by atoms with E-state index in [1.165, 1.54) is 13.0 Å². The number of halogens is 5. The molecule has 28 heavy (non-hydrogen) atoms.